The van der Waals surface area contributed by atoms with Crippen molar-refractivity contribution in [2.45, 2.75) is 38.8 Å². The molecule has 1 fully saturated rings. The molecule has 146 valence electrons. The summed E-state index contributed by atoms with van der Waals surface area (Å²) in [6, 6.07) is 4.90. The average Bonchev–Trinajstić information content (AvgIpc) is 3.04. The molecule has 1 aromatic carbocycles. The van der Waals surface area contributed by atoms with E-state index in [0.717, 1.165) is 12.1 Å². The summed E-state index contributed by atoms with van der Waals surface area (Å²) in [6.07, 6.45) is -3.49. The van der Waals surface area contributed by atoms with E-state index < -0.39 is 6.36 Å². The second kappa shape index (κ2) is 7.95. The van der Waals surface area contributed by atoms with Gasteiger partial charge in [-0.25, -0.2) is 0 Å². The van der Waals surface area contributed by atoms with Gasteiger partial charge in [0.1, 0.15) is 12.4 Å². The number of rotatable bonds is 5. The minimum absolute atomic E-state index is 0.0242. The molecule has 0 bridgehead atoms. The lowest BCUT2D eigenvalue weighted by molar-refractivity contribution is -0.274. The Balaban J connectivity index is 1.48. The zero-order valence-electron chi connectivity index (χ0n) is 14.5. The summed E-state index contributed by atoms with van der Waals surface area (Å²) in [7, 11) is 0. The standard InChI is InChI=1S/C17H18F3N3O4/c1-11-21-15(27-22-11)10-25-13-6-8-23(9-7-13)16(24)12-2-4-14(5-3-12)26-17(18,19)20/h2-5,13H,6-10H2,1H3. The van der Waals surface area contributed by atoms with E-state index in [-0.39, 0.29) is 24.4 Å². The molecule has 0 atom stereocenters. The summed E-state index contributed by atoms with van der Waals surface area (Å²) in [5.41, 5.74) is 0.310. The van der Waals surface area contributed by atoms with Gasteiger partial charge in [0.05, 0.1) is 6.10 Å². The van der Waals surface area contributed by atoms with Gasteiger partial charge in [-0.1, -0.05) is 5.16 Å². The maximum Gasteiger partial charge on any atom is 0.573 e. The van der Waals surface area contributed by atoms with Crippen molar-refractivity contribution in [1.29, 1.82) is 0 Å². The molecule has 1 aliphatic heterocycles. The molecule has 3 rings (SSSR count). The third-order valence-electron chi connectivity index (χ3n) is 4.08. The lowest BCUT2D eigenvalue weighted by Crippen LogP contribution is -2.40. The van der Waals surface area contributed by atoms with E-state index in [1.807, 2.05) is 0 Å². The fourth-order valence-corrected chi connectivity index (χ4v) is 2.80. The summed E-state index contributed by atoms with van der Waals surface area (Å²) in [5, 5.41) is 3.68. The lowest BCUT2D eigenvalue weighted by Gasteiger charge is -2.31. The Labute approximate surface area is 153 Å². The second-order valence-electron chi connectivity index (χ2n) is 6.11. The van der Waals surface area contributed by atoms with Gasteiger partial charge >= 0.3 is 6.36 Å². The molecule has 10 heteroatoms. The van der Waals surface area contributed by atoms with Crippen molar-refractivity contribution in [2.24, 2.45) is 0 Å². The monoisotopic (exact) mass is 385 g/mol. The number of likely N-dealkylation sites (tertiary alicyclic amines) is 1. The number of aryl methyl sites for hydroxylation is 1. The van der Waals surface area contributed by atoms with Crippen LogP contribution in [0, 0.1) is 6.92 Å². The van der Waals surface area contributed by atoms with Gasteiger partial charge in [-0.2, -0.15) is 4.98 Å². The largest absolute Gasteiger partial charge is 0.573 e. The zero-order chi connectivity index (χ0) is 19.4. The van der Waals surface area contributed by atoms with E-state index in [2.05, 4.69) is 14.9 Å². The lowest BCUT2D eigenvalue weighted by atomic mass is 10.1. The third-order valence-corrected chi connectivity index (χ3v) is 4.08. The van der Waals surface area contributed by atoms with Crippen molar-refractivity contribution in [1.82, 2.24) is 15.0 Å². The Morgan fingerprint density at radius 2 is 1.93 bits per heavy atom. The van der Waals surface area contributed by atoms with Crippen molar-refractivity contribution in [3.63, 3.8) is 0 Å². The first-order valence-corrected chi connectivity index (χ1v) is 8.36. The highest BCUT2D eigenvalue weighted by atomic mass is 19.4. The molecule has 0 saturated carbocycles. The number of nitrogens with zero attached hydrogens (tertiary/aromatic N) is 3. The van der Waals surface area contributed by atoms with Gasteiger partial charge in [-0.15, -0.1) is 13.2 Å². The van der Waals surface area contributed by atoms with E-state index in [1.165, 1.54) is 12.1 Å². The van der Waals surface area contributed by atoms with Crippen LogP contribution in [0.5, 0.6) is 5.75 Å². The number of aromatic nitrogens is 2. The van der Waals surface area contributed by atoms with Crippen molar-refractivity contribution < 1.29 is 32.0 Å². The van der Waals surface area contributed by atoms with E-state index in [0.29, 0.717) is 43.2 Å². The van der Waals surface area contributed by atoms with Crippen LogP contribution in [0.3, 0.4) is 0 Å². The van der Waals surface area contributed by atoms with Crippen LogP contribution < -0.4 is 4.74 Å². The van der Waals surface area contributed by atoms with Crippen LogP contribution in [0.2, 0.25) is 0 Å². The Kier molecular flexibility index (Phi) is 5.64. The van der Waals surface area contributed by atoms with Gasteiger partial charge in [-0.05, 0) is 44.0 Å². The Morgan fingerprint density at radius 3 is 2.48 bits per heavy atom. The number of hydrogen-bond donors (Lipinski definition) is 0. The van der Waals surface area contributed by atoms with Crippen LogP contribution >= 0.6 is 0 Å². The van der Waals surface area contributed by atoms with Crippen LogP contribution in [0.25, 0.3) is 0 Å². The first-order chi connectivity index (χ1) is 12.8. The number of hydrogen-bond acceptors (Lipinski definition) is 6. The highest BCUT2D eigenvalue weighted by Gasteiger charge is 2.31. The van der Waals surface area contributed by atoms with Gasteiger partial charge in [0.2, 0.25) is 0 Å². The number of piperidine rings is 1. The summed E-state index contributed by atoms with van der Waals surface area (Å²) in [6.45, 7) is 2.93. The van der Waals surface area contributed by atoms with Crippen LogP contribution in [0.4, 0.5) is 13.2 Å². The predicted molar refractivity (Wildman–Crippen MR) is 85.9 cm³/mol. The van der Waals surface area contributed by atoms with Crippen LogP contribution in [0.15, 0.2) is 28.8 Å². The quantitative estimate of drug-likeness (QED) is 0.787. The van der Waals surface area contributed by atoms with Crippen molar-refractivity contribution in [2.75, 3.05) is 13.1 Å². The Hall–Kier alpha value is -2.62. The average molecular weight is 385 g/mol. The number of halogens is 3. The number of amides is 1. The second-order valence-corrected chi connectivity index (χ2v) is 6.11. The SMILES string of the molecule is Cc1noc(COC2CCN(C(=O)c3ccc(OC(F)(F)F)cc3)CC2)n1. The molecule has 0 spiro atoms. The molecule has 0 radical (unpaired) electrons. The highest BCUT2D eigenvalue weighted by Crippen LogP contribution is 2.24. The molecule has 0 aliphatic carbocycles. The fourth-order valence-electron chi connectivity index (χ4n) is 2.80. The molecule has 1 aliphatic rings. The third kappa shape index (κ3) is 5.43. The molecular formula is C17H18F3N3O4. The normalized spacial score (nSPS) is 15.8. The van der Waals surface area contributed by atoms with E-state index in [1.54, 1.807) is 11.8 Å². The van der Waals surface area contributed by atoms with Crippen LogP contribution in [-0.2, 0) is 11.3 Å². The number of ether oxygens (including phenoxy) is 2. The van der Waals surface area contributed by atoms with E-state index >= 15 is 0 Å². The fraction of sp³-hybridized carbons (Fsp3) is 0.471. The molecule has 1 amide bonds. The molecule has 27 heavy (non-hydrogen) atoms. The van der Waals surface area contributed by atoms with Gasteiger partial charge in [-0.3, -0.25) is 4.79 Å². The van der Waals surface area contributed by atoms with Crippen molar-refractivity contribution in [3.8, 4) is 5.75 Å². The molecule has 1 aromatic heterocycles. The Bertz CT molecular complexity index is 768. The topological polar surface area (TPSA) is 77.7 Å². The van der Waals surface area contributed by atoms with E-state index in [9.17, 15) is 18.0 Å². The van der Waals surface area contributed by atoms with Crippen molar-refractivity contribution in [3.05, 3.63) is 41.5 Å². The van der Waals surface area contributed by atoms with Crippen molar-refractivity contribution >= 4 is 5.91 Å². The van der Waals surface area contributed by atoms with Gasteiger partial charge in [0.25, 0.3) is 11.8 Å². The first-order valence-electron chi connectivity index (χ1n) is 8.36. The molecule has 2 aromatic rings. The maximum atomic E-state index is 12.5. The molecule has 7 nitrogen and oxygen atoms in total. The summed E-state index contributed by atoms with van der Waals surface area (Å²) < 4.78 is 51.0. The minimum Gasteiger partial charge on any atom is -0.406 e. The number of alkyl halides is 3. The van der Waals surface area contributed by atoms with E-state index in [4.69, 9.17) is 9.26 Å². The molecule has 0 unspecified atom stereocenters. The Morgan fingerprint density at radius 1 is 1.26 bits per heavy atom. The summed E-state index contributed by atoms with van der Waals surface area (Å²) in [5.74, 6) is 0.356. The van der Waals surface area contributed by atoms with Crippen LogP contribution in [-0.4, -0.2) is 46.5 Å². The van der Waals surface area contributed by atoms with Gasteiger partial charge in [0.15, 0.2) is 5.82 Å². The molecule has 1 saturated heterocycles. The van der Waals surface area contributed by atoms with Gasteiger partial charge < -0.3 is 18.9 Å². The zero-order valence-corrected chi connectivity index (χ0v) is 14.5. The number of benzene rings is 1. The molecule has 0 N–H and O–H groups in total. The molecule has 2 heterocycles. The first kappa shape index (κ1) is 19.2. The minimum atomic E-state index is -4.76. The maximum absolute atomic E-state index is 12.5. The summed E-state index contributed by atoms with van der Waals surface area (Å²) >= 11 is 0. The van der Waals surface area contributed by atoms with Crippen LogP contribution in [0.1, 0.15) is 34.9 Å². The summed E-state index contributed by atoms with van der Waals surface area (Å²) in [4.78, 5) is 18.2. The van der Waals surface area contributed by atoms with Gasteiger partial charge in [0, 0.05) is 18.7 Å². The number of carbonyl (C=O) groups is 1. The highest BCUT2D eigenvalue weighted by molar-refractivity contribution is 5.94. The number of carbonyl (C=O) groups excluding carboxylic acids is 1. The predicted octanol–water partition coefficient (Wildman–Crippen LogP) is 3.10. The molecular weight excluding hydrogens is 367 g/mol. The smallest absolute Gasteiger partial charge is 0.406 e.